The number of halogens is 2. The van der Waals surface area contributed by atoms with Gasteiger partial charge in [-0.1, -0.05) is 63.3 Å². The maximum absolute atomic E-state index is 14.3. The largest absolute Gasteiger partial charge is 0.359 e. The van der Waals surface area contributed by atoms with Crippen molar-refractivity contribution in [1.29, 1.82) is 0 Å². The lowest BCUT2D eigenvalue weighted by atomic mass is 9.73. The molecule has 3 amide bonds. The van der Waals surface area contributed by atoms with Crippen LogP contribution in [0.4, 0.5) is 10.1 Å². The third-order valence-electron chi connectivity index (χ3n) is 10.5. The monoisotopic (exact) mass is 600 g/mol. The van der Waals surface area contributed by atoms with Crippen LogP contribution < -0.4 is 10.6 Å². The van der Waals surface area contributed by atoms with Crippen LogP contribution in [0, 0.1) is 29.5 Å². The van der Waals surface area contributed by atoms with Crippen LogP contribution in [0.1, 0.15) is 58.8 Å². The molecule has 8 atom stereocenters. The first-order chi connectivity index (χ1) is 20.2. The van der Waals surface area contributed by atoms with Crippen LogP contribution in [0.2, 0.25) is 5.02 Å². The SMILES string of the molecule is CC1CCCC(NC(=O)C2N(CCN3CCCCCC3)C(=O)C3C(C(=O)Nc4ccc(F)c(Cl)c4)C4C=CC32O4)C1C. The fraction of sp³-hybridized carbons (Fsp3) is 0.656. The quantitative estimate of drug-likeness (QED) is 0.453. The molecule has 0 aromatic heterocycles. The van der Waals surface area contributed by atoms with E-state index in [0.717, 1.165) is 45.2 Å². The first-order valence-corrected chi connectivity index (χ1v) is 16.0. The summed E-state index contributed by atoms with van der Waals surface area (Å²) in [4.78, 5) is 46.2. The number of benzene rings is 1. The van der Waals surface area contributed by atoms with E-state index < -0.39 is 41.3 Å². The summed E-state index contributed by atoms with van der Waals surface area (Å²) in [6, 6.07) is 3.15. The number of ether oxygens (including phenoxy) is 1. The Balaban J connectivity index is 1.27. The molecular formula is C32H42ClFN4O4. The summed E-state index contributed by atoms with van der Waals surface area (Å²) in [6.45, 7) is 7.45. The second-order valence-corrected chi connectivity index (χ2v) is 13.4. The predicted molar refractivity (Wildman–Crippen MR) is 158 cm³/mol. The highest BCUT2D eigenvalue weighted by atomic mass is 35.5. The highest BCUT2D eigenvalue weighted by Gasteiger charge is 2.72. The molecule has 1 aromatic rings. The number of fused-ring (bicyclic) bond motifs is 1. The number of nitrogens with one attached hydrogen (secondary N) is 2. The van der Waals surface area contributed by atoms with Crippen LogP contribution in [-0.2, 0) is 19.1 Å². The smallest absolute Gasteiger partial charge is 0.246 e. The van der Waals surface area contributed by atoms with E-state index in [1.54, 1.807) is 4.90 Å². The van der Waals surface area contributed by atoms with E-state index in [1.807, 2.05) is 12.2 Å². The molecule has 1 spiro atoms. The molecule has 2 bridgehead atoms. The fourth-order valence-electron chi connectivity index (χ4n) is 7.96. The summed E-state index contributed by atoms with van der Waals surface area (Å²) in [5.41, 5.74) is -0.873. The standard InChI is InChI=1S/C32H42ClFN4O4/c1-19-8-7-9-24(20(19)2)36-30(40)28-32-13-12-25(42-32)26(29(39)35-21-10-11-23(34)22(33)18-21)27(32)31(41)38(28)17-16-37-14-5-3-4-6-15-37/h10-13,18-20,24-28H,3-9,14-17H2,1-2H3,(H,35,39)(H,36,40). The topological polar surface area (TPSA) is 91.0 Å². The predicted octanol–water partition coefficient (Wildman–Crippen LogP) is 4.39. The zero-order chi connectivity index (χ0) is 29.6. The van der Waals surface area contributed by atoms with Crippen molar-refractivity contribution in [3.05, 3.63) is 41.2 Å². The van der Waals surface area contributed by atoms with Gasteiger partial charge in [0.2, 0.25) is 17.7 Å². The van der Waals surface area contributed by atoms with Gasteiger partial charge in [-0.15, -0.1) is 0 Å². The van der Waals surface area contributed by atoms with Gasteiger partial charge in [0, 0.05) is 24.8 Å². The molecule has 1 aromatic carbocycles. The highest BCUT2D eigenvalue weighted by Crippen LogP contribution is 2.55. The number of carbonyl (C=O) groups is 3. The van der Waals surface area contributed by atoms with Crippen LogP contribution in [0.25, 0.3) is 0 Å². The second-order valence-electron chi connectivity index (χ2n) is 13.0. The Morgan fingerprint density at radius 3 is 2.57 bits per heavy atom. The lowest BCUT2D eigenvalue weighted by molar-refractivity contribution is -0.141. The van der Waals surface area contributed by atoms with Crippen molar-refractivity contribution < 1.29 is 23.5 Å². The van der Waals surface area contributed by atoms with Crippen molar-refractivity contribution in [2.75, 3.05) is 31.5 Å². The number of amides is 3. The number of likely N-dealkylation sites (tertiary alicyclic amines) is 2. The molecule has 228 valence electrons. The Hall–Kier alpha value is -2.49. The van der Waals surface area contributed by atoms with E-state index in [-0.39, 0.29) is 22.9 Å². The zero-order valence-corrected chi connectivity index (χ0v) is 25.2. The normalized spacial score (nSPS) is 36.1. The van der Waals surface area contributed by atoms with Gasteiger partial charge < -0.3 is 25.2 Å². The number of carbonyl (C=O) groups excluding carboxylic acids is 3. The van der Waals surface area contributed by atoms with Gasteiger partial charge in [0.05, 0.1) is 23.0 Å². The molecule has 2 N–H and O–H groups in total. The van der Waals surface area contributed by atoms with Crippen molar-refractivity contribution in [2.24, 2.45) is 23.7 Å². The Bertz CT molecular complexity index is 1250. The zero-order valence-electron chi connectivity index (χ0n) is 24.5. The number of rotatable bonds is 7. The number of hydrogen-bond acceptors (Lipinski definition) is 5. The van der Waals surface area contributed by atoms with Gasteiger partial charge in [-0.25, -0.2) is 4.39 Å². The summed E-state index contributed by atoms with van der Waals surface area (Å²) in [6.07, 6.45) is 10.8. The average Bonchev–Trinajstić information content (AvgIpc) is 3.51. The molecule has 10 heteroatoms. The minimum Gasteiger partial charge on any atom is -0.359 e. The molecule has 1 saturated carbocycles. The van der Waals surface area contributed by atoms with Crippen molar-refractivity contribution in [3.63, 3.8) is 0 Å². The number of nitrogens with zero attached hydrogens (tertiary/aromatic N) is 2. The third kappa shape index (κ3) is 5.26. The summed E-state index contributed by atoms with van der Waals surface area (Å²) in [7, 11) is 0. The van der Waals surface area contributed by atoms with E-state index >= 15 is 0 Å². The molecule has 8 nitrogen and oxygen atoms in total. The molecule has 4 aliphatic heterocycles. The van der Waals surface area contributed by atoms with E-state index in [9.17, 15) is 18.8 Å². The van der Waals surface area contributed by atoms with Gasteiger partial charge in [0.1, 0.15) is 17.5 Å². The Morgan fingerprint density at radius 1 is 1.07 bits per heavy atom. The van der Waals surface area contributed by atoms with Gasteiger partial charge in [0.15, 0.2) is 0 Å². The van der Waals surface area contributed by atoms with Crippen LogP contribution >= 0.6 is 11.6 Å². The fourth-order valence-corrected chi connectivity index (χ4v) is 8.14. The van der Waals surface area contributed by atoms with E-state index in [4.69, 9.17) is 16.3 Å². The van der Waals surface area contributed by atoms with E-state index in [1.165, 1.54) is 31.0 Å². The lowest BCUT2D eigenvalue weighted by Gasteiger charge is -2.38. The molecule has 3 saturated heterocycles. The van der Waals surface area contributed by atoms with Gasteiger partial charge in [0.25, 0.3) is 0 Å². The molecule has 4 heterocycles. The summed E-state index contributed by atoms with van der Waals surface area (Å²) in [5.74, 6) is -2.23. The van der Waals surface area contributed by atoms with Crippen LogP contribution in [0.5, 0.6) is 0 Å². The van der Waals surface area contributed by atoms with Crippen LogP contribution in [0.15, 0.2) is 30.4 Å². The maximum Gasteiger partial charge on any atom is 0.246 e. The van der Waals surface area contributed by atoms with Crippen LogP contribution in [-0.4, -0.2) is 77.5 Å². The first-order valence-electron chi connectivity index (χ1n) is 15.7. The van der Waals surface area contributed by atoms with Gasteiger partial charge >= 0.3 is 0 Å². The molecule has 8 unspecified atom stereocenters. The Kier molecular flexibility index (Phi) is 8.37. The van der Waals surface area contributed by atoms with Gasteiger partial charge in [-0.2, -0.15) is 0 Å². The number of hydrogen-bond donors (Lipinski definition) is 2. The molecule has 4 fully saturated rings. The average molecular weight is 601 g/mol. The summed E-state index contributed by atoms with van der Waals surface area (Å²) < 4.78 is 20.2. The van der Waals surface area contributed by atoms with Gasteiger partial charge in [-0.3, -0.25) is 14.4 Å². The van der Waals surface area contributed by atoms with E-state index in [0.29, 0.717) is 30.6 Å². The Morgan fingerprint density at radius 2 is 1.83 bits per heavy atom. The van der Waals surface area contributed by atoms with E-state index in [2.05, 4.69) is 29.4 Å². The molecule has 42 heavy (non-hydrogen) atoms. The minimum atomic E-state index is -1.21. The maximum atomic E-state index is 14.3. The van der Waals surface area contributed by atoms with Crippen LogP contribution in [0.3, 0.4) is 0 Å². The van der Waals surface area contributed by atoms with Crippen molar-refractivity contribution in [1.82, 2.24) is 15.1 Å². The Labute approximate surface area is 252 Å². The highest BCUT2D eigenvalue weighted by molar-refractivity contribution is 6.31. The third-order valence-corrected chi connectivity index (χ3v) is 10.8. The molecule has 1 aliphatic carbocycles. The molecule has 5 aliphatic rings. The summed E-state index contributed by atoms with van der Waals surface area (Å²) in [5, 5.41) is 6.02. The van der Waals surface area contributed by atoms with Crippen molar-refractivity contribution in [3.8, 4) is 0 Å². The minimum absolute atomic E-state index is 0.0316. The molecular weight excluding hydrogens is 559 g/mol. The summed E-state index contributed by atoms with van der Waals surface area (Å²) >= 11 is 5.94. The van der Waals surface area contributed by atoms with Crippen molar-refractivity contribution in [2.45, 2.75) is 82.6 Å². The molecule has 0 radical (unpaired) electrons. The van der Waals surface area contributed by atoms with Gasteiger partial charge in [-0.05, 0) is 62.4 Å². The first kappa shape index (κ1) is 29.6. The number of anilines is 1. The van der Waals surface area contributed by atoms with Crippen molar-refractivity contribution >= 4 is 35.0 Å². The molecule has 6 rings (SSSR count). The second kappa shape index (κ2) is 11.9. The lowest BCUT2D eigenvalue weighted by Crippen LogP contribution is -2.58.